The number of methoxy groups -OCH3 is 1. The first-order valence-corrected chi connectivity index (χ1v) is 11.4. The third kappa shape index (κ3) is 3.89. The summed E-state index contributed by atoms with van der Waals surface area (Å²) in [5.74, 6) is 0.882. The number of benzene rings is 1. The number of hydrogen-bond acceptors (Lipinski definition) is 4. The van der Waals surface area contributed by atoms with Gasteiger partial charge in [-0.25, -0.2) is 4.98 Å². The number of fused-ring (bicyclic) bond motifs is 2. The van der Waals surface area contributed by atoms with Crippen LogP contribution in [0.3, 0.4) is 0 Å². The van der Waals surface area contributed by atoms with Crippen molar-refractivity contribution in [3.05, 3.63) is 95.2 Å². The molecule has 0 aliphatic heterocycles. The lowest BCUT2D eigenvalue weighted by molar-refractivity contribution is 0.115. The highest BCUT2D eigenvalue weighted by Gasteiger charge is 2.31. The summed E-state index contributed by atoms with van der Waals surface area (Å²) in [6, 6.07) is 19.5. The monoisotopic (exact) mass is 426 g/mol. The van der Waals surface area contributed by atoms with Crippen molar-refractivity contribution in [2.45, 2.75) is 51.7 Å². The Hall–Kier alpha value is -3.18. The Kier molecular flexibility index (Phi) is 5.66. The van der Waals surface area contributed by atoms with Crippen molar-refractivity contribution in [3.8, 4) is 5.75 Å². The molecule has 3 heterocycles. The minimum atomic E-state index is 0.213. The van der Waals surface area contributed by atoms with Crippen molar-refractivity contribution >= 4 is 5.65 Å². The van der Waals surface area contributed by atoms with Crippen LogP contribution < -0.4 is 4.74 Å². The smallest absolute Gasteiger partial charge is 0.137 e. The fourth-order valence-corrected chi connectivity index (χ4v) is 4.96. The Morgan fingerprint density at radius 3 is 2.75 bits per heavy atom. The summed E-state index contributed by atoms with van der Waals surface area (Å²) in [5.41, 5.74) is 7.15. The van der Waals surface area contributed by atoms with Crippen LogP contribution in [0.5, 0.6) is 5.75 Å². The molecule has 1 aliphatic rings. The Morgan fingerprint density at radius 1 is 1.12 bits per heavy atom. The van der Waals surface area contributed by atoms with Gasteiger partial charge in [0.15, 0.2) is 0 Å². The molecule has 0 fully saturated rings. The van der Waals surface area contributed by atoms with E-state index >= 15 is 0 Å². The van der Waals surface area contributed by atoms with Gasteiger partial charge in [-0.3, -0.25) is 9.88 Å². The van der Waals surface area contributed by atoms with Crippen molar-refractivity contribution in [2.24, 2.45) is 0 Å². The number of rotatable bonds is 6. The molecule has 2 atom stereocenters. The van der Waals surface area contributed by atoms with Crippen molar-refractivity contribution < 1.29 is 4.74 Å². The molecule has 0 saturated carbocycles. The van der Waals surface area contributed by atoms with Crippen molar-refractivity contribution in [2.75, 3.05) is 7.11 Å². The molecule has 0 radical (unpaired) electrons. The molecule has 164 valence electrons. The number of imidazole rings is 1. The summed E-state index contributed by atoms with van der Waals surface area (Å²) in [6.45, 7) is 5.19. The maximum Gasteiger partial charge on any atom is 0.137 e. The first-order chi connectivity index (χ1) is 15.6. The molecule has 1 aromatic carbocycles. The highest BCUT2D eigenvalue weighted by atomic mass is 16.5. The summed E-state index contributed by atoms with van der Waals surface area (Å²) < 4.78 is 7.56. The number of nitrogens with zero attached hydrogens (tertiary/aromatic N) is 4. The van der Waals surface area contributed by atoms with Crippen molar-refractivity contribution in [3.63, 3.8) is 0 Å². The zero-order valence-electron chi connectivity index (χ0n) is 19.0. The minimum absolute atomic E-state index is 0.213. The third-order valence-corrected chi connectivity index (χ3v) is 6.75. The van der Waals surface area contributed by atoms with Crippen molar-refractivity contribution in [1.82, 2.24) is 19.3 Å². The number of ether oxygens (including phenoxy) is 1. The molecule has 0 bridgehead atoms. The van der Waals surface area contributed by atoms with Gasteiger partial charge in [-0.2, -0.15) is 0 Å². The third-order valence-electron chi connectivity index (χ3n) is 6.75. The van der Waals surface area contributed by atoms with Crippen LogP contribution in [0, 0.1) is 6.92 Å². The number of pyridine rings is 2. The van der Waals surface area contributed by atoms with E-state index in [-0.39, 0.29) is 12.1 Å². The van der Waals surface area contributed by atoms with Crippen LogP contribution in [0.15, 0.2) is 67.0 Å². The van der Waals surface area contributed by atoms with E-state index in [0.717, 1.165) is 36.5 Å². The van der Waals surface area contributed by atoms with Gasteiger partial charge in [0.25, 0.3) is 0 Å². The Morgan fingerprint density at radius 2 is 1.97 bits per heavy atom. The quantitative estimate of drug-likeness (QED) is 0.397. The van der Waals surface area contributed by atoms with Crippen LogP contribution in [-0.2, 0) is 13.0 Å². The first-order valence-electron chi connectivity index (χ1n) is 11.4. The fourth-order valence-electron chi connectivity index (χ4n) is 4.96. The van der Waals surface area contributed by atoms with Gasteiger partial charge >= 0.3 is 0 Å². The summed E-state index contributed by atoms with van der Waals surface area (Å²) in [4.78, 5) is 12.4. The number of aryl methyl sites for hydroxylation is 2. The van der Waals surface area contributed by atoms with Crippen LogP contribution in [0.25, 0.3) is 5.65 Å². The molecule has 0 unspecified atom stereocenters. The average Bonchev–Trinajstić information content (AvgIpc) is 3.26. The molecule has 3 aromatic heterocycles. The molecule has 0 N–H and O–H groups in total. The highest BCUT2D eigenvalue weighted by Crippen LogP contribution is 2.39. The van der Waals surface area contributed by atoms with E-state index in [9.17, 15) is 0 Å². The van der Waals surface area contributed by atoms with Gasteiger partial charge in [0.2, 0.25) is 0 Å². The topological polar surface area (TPSA) is 42.7 Å². The largest absolute Gasteiger partial charge is 0.497 e. The Bertz CT molecular complexity index is 1210. The molecule has 0 spiro atoms. The van der Waals surface area contributed by atoms with E-state index in [2.05, 4.69) is 71.8 Å². The van der Waals surface area contributed by atoms with E-state index in [1.54, 1.807) is 7.11 Å². The second-order valence-corrected chi connectivity index (χ2v) is 8.70. The molecule has 5 nitrogen and oxygen atoms in total. The van der Waals surface area contributed by atoms with Crippen LogP contribution in [0.2, 0.25) is 0 Å². The van der Waals surface area contributed by atoms with Crippen LogP contribution in [0.4, 0.5) is 0 Å². The SMILES string of the molecule is COc1ccc([C@H](C)N(Cc2cn3c(C)cccc3n2)[C@H]2CCCc3cccnc32)cc1. The van der Waals surface area contributed by atoms with Gasteiger partial charge in [-0.1, -0.05) is 24.3 Å². The maximum absolute atomic E-state index is 5.38. The van der Waals surface area contributed by atoms with Gasteiger partial charge in [-0.05, 0) is 74.6 Å². The second kappa shape index (κ2) is 8.75. The Balaban J connectivity index is 1.54. The normalized spacial score (nSPS) is 16.8. The fraction of sp³-hybridized carbons (Fsp3) is 0.333. The lowest BCUT2D eigenvalue weighted by atomic mass is 9.89. The van der Waals surface area contributed by atoms with Gasteiger partial charge in [0, 0.05) is 30.7 Å². The molecule has 0 amide bonds. The van der Waals surface area contributed by atoms with E-state index in [4.69, 9.17) is 14.7 Å². The number of aromatic nitrogens is 3. The predicted octanol–water partition coefficient (Wildman–Crippen LogP) is 5.69. The van der Waals surface area contributed by atoms with Gasteiger partial charge < -0.3 is 9.14 Å². The van der Waals surface area contributed by atoms with Gasteiger partial charge in [0.05, 0.1) is 24.5 Å². The minimum Gasteiger partial charge on any atom is -0.497 e. The van der Waals surface area contributed by atoms with E-state index in [1.807, 2.05) is 18.3 Å². The summed E-state index contributed by atoms with van der Waals surface area (Å²) in [5, 5.41) is 0. The molecule has 4 aromatic rings. The molecular weight excluding hydrogens is 396 g/mol. The van der Waals surface area contributed by atoms with E-state index in [1.165, 1.54) is 28.9 Å². The molecule has 0 saturated heterocycles. The molecule has 5 heteroatoms. The lowest BCUT2D eigenvalue weighted by Gasteiger charge is -2.38. The van der Waals surface area contributed by atoms with E-state index in [0.29, 0.717) is 0 Å². The van der Waals surface area contributed by atoms with Crippen LogP contribution in [0.1, 0.15) is 60.1 Å². The van der Waals surface area contributed by atoms with Crippen LogP contribution in [-0.4, -0.2) is 26.4 Å². The summed E-state index contributed by atoms with van der Waals surface area (Å²) in [7, 11) is 1.71. The van der Waals surface area contributed by atoms with E-state index < -0.39 is 0 Å². The zero-order valence-corrected chi connectivity index (χ0v) is 19.0. The maximum atomic E-state index is 5.38. The number of hydrogen-bond donors (Lipinski definition) is 0. The van der Waals surface area contributed by atoms with Gasteiger partial charge in [0.1, 0.15) is 11.4 Å². The first kappa shape index (κ1) is 20.7. The molecule has 1 aliphatic carbocycles. The zero-order chi connectivity index (χ0) is 22.1. The molecule has 5 rings (SSSR count). The molecular formula is C27H30N4O. The Labute approximate surface area is 189 Å². The lowest BCUT2D eigenvalue weighted by Crippen LogP contribution is -2.34. The average molecular weight is 427 g/mol. The second-order valence-electron chi connectivity index (χ2n) is 8.70. The van der Waals surface area contributed by atoms with Crippen molar-refractivity contribution in [1.29, 1.82) is 0 Å². The summed E-state index contributed by atoms with van der Waals surface area (Å²) >= 11 is 0. The van der Waals surface area contributed by atoms with Gasteiger partial charge in [-0.15, -0.1) is 0 Å². The highest BCUT2D eigenvalue weighted by molar-refractivity contribution is 5.41. The van der Waals surface area contributed by atoms with Crippen LogP contribution >= 0.6 is 0 Å². The standard InChI is InChI=1S/C27H30N4O/c1-19-7-4-11-26-29-23(17-30(19)26)18-31(20(2)21-12-14-24(32-3)15-13-21)25-10-5-8-22-9-6-16-28-27(22)25/h4,6-7,9,11-17,20,25H,5,8,10,18H2,1-3H3/t20-,25-/m0/s1. The predicted molar refractivity (Wildman–Crippen MR) is 127 cm³/mol. The molecule has 32 heavy (non-hydrogen) atoms. The summed E-state index contributed by atoms with van der Waals surface area (Å²) in [6.07, 6.45) is 7.51.